The molecule has 0 unspecified atom stereocenters. The highest BCUT2D eigenvalue weighted by atomic mass is 16.5. The van der Waals surface area contributed by atoms with Crippen molar-refractivity contribution in [1.82, 2.24) is 0 Å². The maximum absolute atomic E-state index is 12.4. The van der Waals surface area contributed by atoms with E-state index in [-0.39, 0.29) is 5.91 Å². The summed E-state index contributed by atoms with van der Waals surface area (Å²) in [6.07, 6.45) is 1.01. The minimum absolute atomic E-state index is 0.153. The lowest BCUT2D eigenvalue weighted by Crippen LogP contribution is -2.32. The van der Waals surface area contributed by atoms with Crippen LogP contribution in [0.1, 0.15) is 25.8 Å². The molecule has 4 nitrogen and oxygen atoms in total. The van der Waals surface area contributed by atoms with Gasteiger partial charge in [0.15, 0.2) is 6.10 Å². The standard InChI is InChI=1S/C19H23NO3/c1-4-14-9-11-15(12-10-14)20-19(21)18(5-2)23-17-8-6-7-16(13-17)22-3/h6-13,18H,4-5H2,1-3H3,(H,20,21)/t18-/m0/s1. The Morgan fingerprint density at radius 1 is 1.09 bits per heavy atom. The molecule has 0 aliphatic carbocycles. The molecule has 0 aromatic heterocycles. The van der Waals surface area contributed by atoms with E-state index in [1.165, 1.54) is 5.56 Å². The predicted octanol–water partition coefficient (Wildman–Crippen LogP) is 4.05. The van der Waals surface area contributed by atoms with Gasteiger partial charge in [-0.2, -0.15) is 0 Å². The van der Waals surface area contributed by atoms with Crippen LogP contribution in [0, 0.1) is 0 Å². The molecule has 0 aliphatic rings. The second-order valence-corrected chi connectivity index (χ2v) is 5.23. The molecule has 4 heteroatoms. The number of aryl methyl sites for hydroxylation is 1. The average molecular weight is 313 g/mol. The van der Waals surface area contributed by atoms with Gasteiger partial charge in [-0.15, -0.1) is 0 Å². The Morgan fingerprint density at radius 3 is 2.39 bits per heavy atom. The lowest BCUT2D eigenvalue weighted by Gasteiger charge is -2.17. The lowest BCUT2D eigenvalue weighted by atomic mass is 10.1. The Labute approximate surface area is 137 Å². The molecule has 0 bridgehead atoms. The van der Waals surface area contributed by atoms with Crippen molar-refractivity contribution in [3.8, 4) is 11.5 Å². The number of ether oxygens (including phenoxy) is 2. The highest BCUT2D eigenvalue weighted by Gasteiger charge is 2.18. The fraction of sp³-hybridized carbons (Fsp3) is 0.316. The van der Waals surface area contributed by atoms with Crippen molar-refractivity contribution in [2.24, 2.45) is 0 Å². The Kier molecular flexibility index (Phi) is 6.03. The van der Waals surface area contributed by atoms with Crippen molar-refractivity contribution >= 4 is 11.6 Å². The third-order valence-electron chi connectivity index (χ3n) is 3.61. The summed E-state index contributed by atoms with van der Waals surface area (Å²) in [6, 6.07) is 15.1. The van der Waals surface area contributed by atoms with Crippen molar-refractivity contribution in [1.29, 1.82) is 0 Å². The smallest absolute Gasteiger partial charge is 0.265 e. The van der Waals surface area contributed by atoms with E-state index >= 15 is 0 Å². The minimum Gasteiger partial charge on any atom is -0.497 e. The number of hydrogen-bond donors (Lipinski definition) is 1. The average Bonchev–Trinajstić information content (AvgIpc) is 2.60. The number of rotatable bonds is 7. The molecule has 122 valence electrons. The molecular weight excluding hydrogens is 290 g/mol. The van der Waals surface area contributed by atoms with Crippen LogP contribution < -0.4 is 14.8 Å². The van der Waals surface area contributed by atoms with E-state index in [2.05, 4.69) is 12.2 Å². The van der Waals surface area contributed by atoms with Gasteiger partial charge in [-0.25, -0.2) is 0 Å². The number of amides is 1. The number of nitrogens with one attached hydrogen (secondary N) is 1. The maximum Gasteiger partial charge on any atom is 0.265 e. The molecule has 0 saturated heterocycles. The fourth-order valence-electron chi connectivity index (χ4n) is 2.21. The predicted molar refractivity (Wildman–Crippen MR) is 92.2 cm³/mol. The molecule has 0 aliphatic heterocycles. The van der Waals surface area contributed by atoms with Crippen LogP contribution in [-0.2, 0) is 11.2 Å². The van der Waals surface area contributed by atoms with Gasteiger partial charge in [0.05, 0.1) is 7.11 Å². The molecule has 0 fully saturated rings. The van der Waals surface area contributed by atoms with Crippen LogP contribution in [0.3, 0.4) is 0 Å². The first-order valence-corrected chi connectivity index (χ1v) is 7.86. The fourth-order valence-corrected chi connectivity index (χ4v) is 2.21. The quantitative estimate of drug-likeness (QED) is 0.838. The molecule has 1 atom stereocenters. The molecule has 0 heterocycles. The van der Waals surface area contributed by atoms with Crippen molar-refractivity contribution in [3.05, 3.63) is 54.1 Å². The minimum atomic E-state index is -0.548. The summed E-state index contributed by atoms with van der Waals surface area (Å²) in [5, 5.41) is 2.90. The monoisotopic (exact) mass is 313 g/mol. The van der Waals surface area contributed by atoms with Gasteiger partial charge < -0.3 is 14.8 Å². The number of carbonyl (C=O) groups excluding carboxylic acids is 1. The van der Waals surface area contributed by atoms with Crippen LogP contribution in [0.4, 0.5) is 5.69 Å². The molecule has 2 aromatic carbocycles. The summed E-state index contributed by atoms with van der Waals surface area (Å²) in [4.78, 5) is 12.4. The number of benzene rings is 2. The SMILES string of the molecule is CCc1ccc(NC(=O)[C@H](CC)Oc2cccc(OC)c2)cc1. The van der Waals surface area contributed by atoms with Crippen LogP contribution in [0.25, 0.3) is 0 Å². The molecule has 1 amide bonds. The second kappa shape index (κ2) is 8.22. The number of anilines is 1. The van der Waals surface area contributed by atoms with Crippen LogP contribution in [0.15, 0.2) is 48.5 Å². The van der Waals surface area contributed by atoms with Gasteiger partial charge in [-0.05, 0) is 42.7 Å². The zero-order chi connectivity index (χ0) is 16.7. The Balaban J connectivity index is 2.02. The van der Waals surface area contributed by atoms with Crippen LogP contribution in [0.2, 0.25) is 0 Å². The van der Waals surface area contributed by atoms with Gasteiger partial charge in [0.2, 0.25) is 0 Å². The van der Waals surface area contributed by atoms with Gasteiger partial charge in [0, 0.05) is 11.8 Å². The largest absolute Gasteiger partial charge is 0.497 e. The van der Waals surface area contributed by atoms with Crippen molar-refractivity contribution in [2.45, 2.75) is 32.8 Å². The molecule has 0 radical (unpaired) electrons. The first-order chi connectivity index (χ1) is 11.2. The van der Waals surface area contributed by atoms with Crippen LogP contribution >= 0.6 is 0 Å². The summed E-state index contributed by atoms with van der Waals surface area (Å²) < 4.78 is 11.0. The third kappa shape index (κ3) is 4.74. The number of carbonyl (C=O) groups is 1. The van der Waals surface area contributed by atoms with Gasteiger partial charge in [-0.1, -0.05) is 32.0 Å². The van der Waals surface area contributed by atoms with E-state index in [0.29, 0.717) is 17.9 Å². The van der Waals surface area contributed by atoms with E-state index in [0.717, 1.165) is 12.1 Å². The molecular formula is C19H23NO3. The summed E-state index contributed by atoms with van der Waals surface area (Å²) in [5.74, 6) is 1.17. The summed E-state index contributed by atoms with van der Waals surface area (Å²) in [7, 11) is 1.60. The molecule has 23 heavy (non-hydrogen) atoms. The van der Waals surface area contributed by atoms with Gasteiger partial charge in [0.1, 0.15) is 11.5 Å². The second-order valence-electron chi connectivity index (χ2n) is 5.23. The molecule has 2 rings (SSSR count). The Morgan fingerprint density at radius 2 is 1.78 bits per heavy atom. The summed E-state index contributed by atoms with van der Waals surface area (Å²) in [6.45, 7) is 4.02. The first-order valence-electron chi connectivity index (χ1n) is 7.86. The Hall–Kier alpha value is -2.49. The van der Waals surface area contributed by atoms with Crippen molar-refractivity contribution < 1.29 is 14.3 Å². The van der Waals surface area contributed by atoms with Crippen LogP contribution in [0.5, 0.6) is 11.5 Å². The van der Waals surface area contributed by atoms with Crippen molar-refractivity contribution in [3.63, 3.8) is 0 Å². The van der Waals surface area contributed by atoms with E-state index < -0.39 is 6.10 Å². The van der Waals surface area contributed by atoms with Gasteiger partial charge in [-0.3, -0.25) is 4.79 Å². The van der Waals surface area contributed by atoms with E-state index in [9.17, 15) is 4.79 Å². The highest BCUT2D eigenvalue weighted by Crippen LogP contribution is 2.21. The molecule has 0 saturated carbocycles. The zero-order valence-electron chi connectivity index (χ0n) is 13.8. The van der Waals surface area contributed by atoms with E-state index in [1.54, 1.807) is 13.2 Å². The topological polar surface area (TPSA) is 47.6 Å². The normalized spacial score (nSPS) is 11.6. The van der Waals surface area contributed by atoms with Gasteiger partial charge >= 0.3 is 0 Å². The summed E-state index contributed by atoms with van der Waals surface area (Å²) >= 11 is 0. The number of methoxy groups -OCH3 is 1. The van der Waals surface area contributed by atoms with E-state index in [4.69, 9.17) is 9.47 Å². The van der Waals surface area contributed by atoms with Gasteiger partial charge in [0.25, 0.3) is 5.91 Å². The third-order valence-corrected chi connectivity index (χ3v) is 3.61. The zero-order valence-corrected chi connectivity index (χ0v) is 13.8. The van der Waals surface area contributed by atoms with Crippen molar-refractivity contribution in [2.75, 3.05) is 12.4 Å². The highest BCUT2D eigenvalue weighted by molar-refractivity contribution is 5.94. The Bertz CT molecular complexity index is 637. The maximum atomic E-state index is 12.4. The first kappa shape index (κ1) is 16.9. The number of hydrogen-bond acceptors (Lipinski definition) is 3. The lowest BCUT2D eigenvalue weighted by molar-refractivity contribution is -0.122. The van der Waals surface area contributed by atoms with Crippen LogP contribution in [-0.4, -0.2) is 19.1 Å². The molecule has 2 aromatic rings. The summed E-state index contributed by atoms with van der Waals surface area (Å²) in [5.41, 5.74) is 2.02. The molecule has 1 N–H and O–H groups in total. The molecule has 0 spiro atoms. The van der Waals surface area contributed by atoms with E-state index in [1.807, 2.05) is 49.4 Å².